The minimum atomic E-state index is -1.89. The fourth-order valence-electron chi connectivity index (χ4n) is 3.06. The molecule has 144 valence electrons. The van der Waals surface area contributed by atoms with Gasteiger partial charge in [0.05, 0.1) is 17.7 Å². The van der Waals surface area contributed by atoms with Crippen LogP contribution in [0.5, 0.6) is 11.6 Å². The molecule has 0 saturated carbocycles. The number of fused-ring (bicyclic) bond motifs is 1. The second-order valence-electron chi connectivity index (χ2n) is 7.10. The number of rotatable bonds is 6. The van der Waals surface area contributed by atoms with Gasteiger partial charge >= 0.3 is 0 Å². The van der Waals surface area contributed by atoms with Gasteiger partial charge in [0.1, 0.15) is 12.4 Å². The van der Waals surface area contributed by atoms with Crippen LogP contribution in [0, 0.1) is 0 Å². The van der Waals surface area contributed by atoms with Gasteiger partial charge in [-0.2, -0.15) is 0 Å². The molecule has 0 spiro atoms. The summed E-state index contributed by atoms with van der Waals surface area (Å²) in [6, 6.07) is 4.56. The zero-order valence-electron chi connectivity index (χ0n) is 15.4. The Balaban J connectivity index is 1.89. The van der Waals surface area contributed by atoms with Crippen LogP contribution in [0.4, 0.5) is 4.39 Å². The first kappa shape index (κ1) is 18.9. The Morgan fingerprint density at radius 3 is 2.81 bits per heavy atom. The standard InChI is InChI=1S/C19H22FN3O4/c1-10(2)27-15-7-13-11(6-14(15)16(21)24)4-5-22-17(13)26-9-12-8-19(3,20)18(25)23-12/h4-7,10,12H,8-9H2,1-3H3,(H2,21,24)(H,23,25)/t12-,19+/m0/s1. The average Bonchev–Trinajstić information content (AvgIpc) is 2.84. The monoisotopic (exact) mass is 375 g/mol. The second kappa shape index (κ2) is 7.02. The van der Waals surface area contributed by atoms with E-state index < -0.39 is 23.5 Å². The normalized spacial score (nSPS) is 22.1. The zero-order chi connectivity index (χ0) is 19.8. The number of hydrogen-bond donors (Lipinski definition) is 2. The number of hydrogen-bond acceptors (Lipinski definition) is 5. The summed E-state index contributed by atoms with van der Waals surface area (Å²) in [5.74, 6) is -0.587. The number of nitrogens with one attached hydrogen (secondary N) is 1. The molecule has 0 unspecified atom stereocenters. The lowest BCUT2D eigenvalue weighted by Crippen LogP contribution is -2.33. The van der Waals surface area contributed by atoms with Gasteiger partial charge in [-0.05, 0) is 44.4 Å². The van der Waals surface area contributed by atoms with Crippen LogP contribution in [0.25, 0.3) is 10.8 Å². The van der Waals surface area contributed by atoms with Crippen molar-refractivity contribution in [2.75, 3.05) is 6.61 Å². The molecule has 0 radical (unpaired) electrons. The number of primary amides is 1. The highest BCUT2D eigenvalue weighted by Gasteiger charge is 2.43. The molecular formula is C19H22FN3O4. The molecule has 1 aromatic heterocycles. The number of nitrogens with two attached hydrogens (primary N) is 1. The molecule has 1 aliphatic rings. The number of pyridine rings is 1. The lowest BCUT2D eigenvalue weighted by atomic mass is 10.0. The first-order chi connectivity index (χ1) is 12.7. The van der Waals surface area contributed by atoms with Crippen molar-refractivity contribution in [1.29, 1.82) is 0 Å². The molecule has 0 bridgehead atoms. The van der Waals surface area contributed by atoms with E-state index in [2.05, 4.69) is 10.3 Å². The van der Waals surface area contributed by atoms with Crippen molar-refractivity contribution in [2.45, 2.75) is 45.0 Å². The molecule has 1 saturated heterocycles. The maximum atomic E-state index is 14.0. The lowest BCUT2D eigenvalue weighted by Gasteiger charge is -2.16. The van der Waals surface area contributed by atoms with E-state index >= 15 is 0 Å². The third kappa shape index (κ3) is 3.94. The first-order valence-electron chi connectivity index (χ1n) is 8.69. The van der Waals surface area contributed by atoms with Crippen molar-refractivity contribution in [3.05, 3.63) is 30.0 Å². The number of ether oxygens (including phenoxy) is 2. The quantitative estimate of drug-likeness (QED) is 0.805. The second-order valence-corrected chi connectivity index (χ2v) is 7.10. The number of halogens is 1. The molecule has 1 aromatic carbocycles. The molecule has 2 amide bonds. The number of alkyl halides is 1. The molecular weight excluding hydrogens is 353 g/mol. The van der Waals surface area contributed by atoms with Gasteiger partial charge in [0.15, 0.2) is 5.67 Å². The molecule has 27 heavy (non-hydrogen) atoms. The van der Waals surface area contributed by atoms with Crippen LogP contribution in [0.3, 0.4) is 0 Å². The van der Waals surface area contributed by atoms with E-state index in [9.17, 15) is 14.0 Å². The third-order valence-corrected chi connectivity index (χ3v) is 4.32. The van der Waals surface area contributed by atoms with Gasteiger partial charge in [-0.1, -0.05) is 0 Å². The largest absolute Gasteiger partial charge is 0.490 e. The Hall–Kier alpha value is -2.90. The molecule has 1 aliphatic heterocycles. The molecule has 2 atom stereocenters. The maximum Gasteiger partial charge on any atom is 0.257 e. The maximum absolute atomic E-state index is 14.0. The highest BCUT2D eigenvalue weighted by atomic mass is 19.1. The third-order valence-electron chi connectivity index (χ3n) is 4.32. The van der Waals surface area contributed by atoms with Crippen molar-refractivity contribution in [3.8, 4) is 11.6 Å². The summed E-state index contributed by atoms with van der Waals surface area (Å²) in [6.07, 6.45) is 1.42. The summed E-state index contributed by atoms with van der Waals surface area (Å²) in [5, 5.41) is 3.91. The van der Waals surface area contributed by atoms with Crippen LogP contribution >= 0.6 is 0 Å². The van der Waals surface area contributed by atoms with Crippen LogP contribution in [0.1, 0.15) is 37.6 Å². The Bertz CT molecular complexity index is 898. The first-order valence-corrected chi connectivity index (χ1v) is 8.69. The SMILES string of the molecule is CC(C)Oc1cc2c(OC[C@@H]3C[C@@](C)(F)C(=O)N3)nccc2cc1C(N)=O. The number of amides is 2. The zero-order valence-corrected chi connectivity index (χ0v) is 15.4. The van der Waals surface area contributed by atoms with Crippen LogP contribution in [0.2, 0.25) is 0 Å². The molecule has 3 N–H and O–H groups in total. The smallest absolute Gasteiger partial charge is 0.257 e. The molecule has 7 nitrogen and oxygen atoms in total. The van der Waals surface area contributed by atoms with Gasteiger partial charge in [0.25, 0.3) is 11.8 Å². The van der Waals surface area contributed by atoms with E-state index in [4.69, 9.17) is 15.2 Å². The predicted octanol–water partition coefficient (Wildman–Crippen LogP) is 2.12. The fourth-order valence-corrected chi connectivity index (χ4v) is 3.06. The molecule has 1 fully saturated rings. The van der Waals surface area contributed by atoms with Crippen LogP contribution in [0.15, 0.2) is 24.4 Å². The number of carbonyl (C=O) groups excluding carboxylic acids is 2. The minimum absolute atomic E-state index is 0.0319. The van der Waals surface area contributed by atoms with E-state index in [0.717, 1.165) is 0 Å². The van der Waals surface area contributed by atoms with Crippen molar-refractivity contribution in [2.24, 2.45) is 5.73 Å². The summed E-state index contributed by atoms with van der Waals surface area (Å²) in [6.45, 7) is 5.01. The number of aromatic nitrogens is 1. The Morgan fingerprint density at radius 1 is 1.48 bits per heavy atom. The Morgan fingerprint density at radius 2 is 2.22 bits per heavy atom. The van der Waals surface area contributed by atoms with Crippen molar-refractivity contribution < 1.29 is 23.5 Å². The summed E-state index contributed by atoms with van der Waals surface area (Å²) in [4.78, 5) is 27.5. The summed E-state index contributed by atoms with van der Waals surface area (Å²) >= 11 is 0. The van der Waals surface area contributed by atoms with Crippen LogP contribution < -0.4 is 20.5 Å². The van der Waals surface area contributed by atoms with E-state index in [1.807, 2.05) is 13.8 Å². The van der Waals surface area contributed by atoms with Gasteiger partial charge in [-0.15, -0.1) is 0 Å². The van der Waals surface area contributed by atoms with E-state index in [1.165, 1.54) is 13.1 Å². The fraction of sp³-hybridized carbons (Fsp3) is 0.421. The Kier molecular flexibility index (Phi) is 4.91. The van der Waals surface area contributed by atoms with E-state index in [1.54, 1.807) is 18.2 Å². The van der Waals surface area contributed by atoms with Gasteiger partial charge in [0, 0.05) is 18.0 Å². The number of nitrogens with zero attached hydrogens (tertiary/aromatic N) is 1. The molecule has 2 heterocycles. The van der Waals surface area contributed by atoms with Gasteiger partial charge in [-0.25, -0.2) is 9.37 Å². The summed E-state index contributed by atoms with van der Waals surface area (Å²) in [7, 11) is 0. The topological polar surface area (TPSA) is 104 Å². The van der Waals surface area contributed by atoms with E-state index in [-0.39, 0.29) is 24.7 Å². The number of benzene rings is 1. The van der Waals surface area contributed by atoms with Crippen molar-refractivity contribution in [1.82, 2.24) is 10.3 Å². The summed E-state index contributed by atoms with van der Waals surface area (Å²) in [5.41, 5.74) is 3.83. The predicted molar refractivity (Wildman–Crippen MR) is 97.6 cm³/mol. The van der Waals surface area contributed by atoms with E-state index in [0.29, 0.717) is 22.4 Å². The molecule has 3 rings (SSSR count). The van der Waals surface area contributed by atoms with Crippen LogP contribution in [-0.4, -0.2) is 41.2 Å². The molecule has 0 aliphatic carbocycles. The lowest BCUT2D eigenvalue weighted by molar-refractivity contribution is -0.128. The Labute approximate surface area is 156 Å². The molecule has 2 aromatic rings. The highest BCUT2D eigenvalue weighted by Crippen LogP contribution is 2.32. The molecule has 8 heteroatoms. The van der Waals surface area contributed by atoms with Crippen molar-refractivity contribution >= 4 is 22.6 Å². The summed E-state index contributed by atoms with van der Waals surface area (Å²) < 4.78 is 25.4. The van der Waals surface area contributed by atoms with Gasteiger partial charge in [-0.3, -0.25) is 9.59 Å². The highest BCUT2D eigenvalue weighted by molar-refractivity contribution is 6.01. The van der Waals surface area contributed by atoms with Crippen LogP contribution in [-0.2, 0) is 4.79 Å². The number of carbonyl (C=O) groups is 2. The van der Waals surface area contributed by atoms with Crippen molar-refractivity contribution in [3.63, 3.8) is 0 Å². The van der Waals surface area contributed by atoms with Gasteiger partial charge < -0.3 is 20.5 Å². The average molecular weight is 375 g/mol. The van der Waals surface area contributed by atoms with Gasteiger partial charge in [0.2, 0.25) is 5.88 Å². The minimum Gasteiger partial charge on any atom is -0.490 e.